The third-order valence-electron chi connectivity index (χ3n) is 2.86. The summed E-state index contributed by atoms with van der Waals surface area (Å²) in [5.41, 5.74) is 7.57. The van der Waals surface area contributed by atoms with E-state index in [2.05, 4.69) is 15.3 Å². The summed E-state index contributed by atoms with van der Waals surface area (Å²) in [6.45, 7) is 4.44. The van der Waals surface area contributed by atoms with E-state index < -0.39 is 0 Å². The van der Waals surface area contributed by atoms with Gasteiger partial charge in [0.2, 0.25) is 5.91 Å². The number of nitrogens with one attached hydrogen (secondary N) is 1. The zero-order valence-electron chi connectivity index (χ0n) is 11.7. The monoisotopic (exact) mass is 273 g/mol. The van der Waals surface area contributed by atoms with Crippen LogP contribution in [0.4, 0.5) is 5.82 Å². The minimum Gasteiger partial charge on any atom is -0.383 e. The molecule has 0 spiro atoms. The number of nitrogens with two attached hydrogens (primary N) is 1. The maximum Gasteiger partial charge on any atom is 0.221 e. The van der Waals surface area contributed by atoms with Crippen molar-refractivity contribution in [2.24, 2.45) is 0 Å². The number of carbonyl (C=O) groups excluding carboxylic acids is 1. The third kappa shape index (κ3) is 3.34. The molecule has 2 heterocycles. The molecule has 2 aromatic rings. The van der Waals surface area contributed by atoms with Gasteiger partial charge in [0.1, 0.15) is 5.82 Å². The number of hydrogen-bond donors (Lipinski definition) is 2. The molecule has 6 nitrogen and oxygen atoms in total. The summed E-state index contributed by atoms with van der Waals surface area (Å²) >= 11 is 0. The molecule has 106 valence electrons. The number of aromatic nitrogens is 3. The molecule has 1 amide bonds. The summed E-state index contributed by atoms with van der Waals surface area (Å²) in [5, 5.41) is 2.87. The first-order valence-corrected chi connectivity index (χ1v) is 6.58. The van der Waals surface area contributed by atoms with E-state index in [-0.39, 0.29) is 11.9 Å². The lowest BCUT2D eigenvalue weighted by Gasteiger charge is -2.11. The zero-order valence-corrected chi connectivity index (χ0v) is 11.7. The first-order chi connectivity index (χ1) is 9.58. The van der Waals surface area contributed by atoms with Crippen molar-refractivity contribution in [3.8, 4) is 11.3 Å². The van der Waals surface area contributed by atoms with Crippen molar-refractivity contribution in [2.45, 2.75) is 32.9 Å². The Kier molecular flexibility index (Phi) is 4.34. The van der Waals surface area contributed by atoms with E-state index in [0.717, 1.165) is 11.3 Å². The van der Waals surface area contributed by atoms with Gasteiger partial charge in [-0.25, -0.2) is 9.97 Å². The fourth-order valence-corrected chi connectivity index (χ4v) is 1.97. The number of imidazole rings is 1. The van der Waals surface area contributed by atoms with Crippen molar-refractivity contribution in [1.29, 1.82) is 0 Å². The van der Waals surface area contributed by atoms with Crippen LogP contribution in [0.2, 0.25) is 0 Å². The quantitative estimate of drug-likeness (QED) is 0.863. The van der Waals surface area contributed by atoms with Gasteiger partial charge in [-0.15, -0.1) is 0 Å². The standard InChI is InChI=1S/C14H19N5O/c1-10(2)18-13(20)5-7-19-9-16-8-12(19)11-4-3-6-17-14(11)15/h3-4,6,8-10H,5,7H2,1-2H3,(H2,15,17)(H,18,20). The Bertz CT molecular complexity index is 591. The summed E-state index contributed by atoms with van der Waals surface area (Å²) in [6.07, 6.45) is 5.48. The molecule has 0 aliphatic heterocycles. The predicted octanol–water partition coefficient (Wildman–Crippen LogP) is 1.44. The zero-order chi connectivity index (χ0) is 14.5. The second-order valence-electron chi connectivity index (χ2n) is 4.88. The van der Waals surface area contributed by atoms with Gasteiger partial charge in [-0.2, -0.15) is 0 Å². The highest BCUT2D eigenvalue weighted by molar-refractivity contribution is 5.76. The Morgan fingerprint density at radius 1 is 1.50 bits per heavy atom. The molecule has 0 aliphatic carbocycles. The van der Waals surface area contributed by atoms with E-state index in [9.17, 15) is 4.79 Å². The maximum atomic E-state index is 11.7. The molecule has 0 saturated carbocycles. The number of amides is 1. The van der Waals surface area contributed by atoms with Crippen molar-refractivity contribution in [2.75, 3.05) is 5.73 Å². The lowest BCUT2D eigenvalue weighted by molar-refractivity contribution is -0.121. The number of nitrogens with zero attached hydrogens (tertiary/aromatic N) is 3. The Morgan fingerprint density at radius 2 is 2.30 bits per heavy atom. The normalized spacial score (nSPS) is 10.8. The van der Waals surface area contributed by atoms with Crippen molar-refractivity contribution < 1.29 is 4.79 Å². The molecule has 0 aromatic carbocycles. The molecule has 0 aliphatic rings. The van der Waals surface area contributed by atoms with Gasteiger partial charge in [0.15, 0.2) is 0 Å². The molecule has 0 saturated heterocycles. The fraction of sp³-hybridized carbons (Fsp3) is 0.357. The highest BCUT2D eigenvalue weighted by Gasteiger charge is 2.10. The minimum atomic E-state index is 0.0267. The number of rotatable bonds is 5. The lowest BCUT2D eigenvalue weighted by atomic mass is 10.2. The van der Waals surface area contributed by atoms with Gasteiger partial charge < -0.3 is 15.6 Å². The average molecular weight is 273 g/mol. The molecule has 0 fully saturated rings. The highest BCUT2D eigenvalue weighted by Crippen LogP contribution is 2.23. The summed E-state index contributed by atoms with van der Waals surface area (Å²) in [6, 6.07) is 3.87. The van der Waals surface area contributed by atoms with Crippen LogP contribution in [0.25, 0.3) is 11.3 Å². The largest absolute Gasteiger partial charge is 0.383 e. The molecular weight excluding hydrogens is 254 g/mol. The number of pyridine rings is 1. The van der Waals surface area contributed by atoms with E-state index in [1.807, 2.05) is 30.5 Å². The van der Waals surface area contributed by atoms with Gasteiger partial charge in [-0.05, 0) is 26.0 Å². The smallest absolute Gasteiger partial charge is 0.221 e. The lowest BCUT2D eigenvalue weighted by Crippen LogP contribution is -2.30. The van der Waals surface area contributed by atoms with E-state index in [1.54, 1.807) is 18.7 Å². The van der Waals surface area contributed by atoms with Crippen LogP contribution in [0, 0.1) is 0 Å². The summed E-state index contributed by atoms with van der Waals surface area (Å²) in [4.78, 5) is 19.9. The van der Waals surface area contributed by atoms with Crippen LogP contribution in [0.5, 0.6) is 0 Å². The molecule has 0 atom stereocenters. The van der Waals surface area contributed by atoms with Crippen LogP contribution in [-0.2, 0) is 11.3 Å². The van der Waals surface area contributed by atoms with Crippen LogP contribution in [0.3, 0.4) is 0 Å². The fourth-order valence-electron chi connectivity index (χ4n) is 1.97. The molecule has 0 bridgehead atoms. The predicted molar refractivity (Wildman–Crippen MR) is 77.8 cm³/mol. The second-order valence-corrected chi connectivity index (χ2v) is 4.88. The molecule has 2 aromatic heterocycles. The van der Waals surface area contributed by atoms with Gasteiger partial charge in [-0.1, -0.05) is 0 Å². The van der Waals surface area contributed by atoms with Crippen molar-refractivity contribution in [3.63, 3.8) is 0 Å². The van der Waals surface area contributed by atoms with Crippen LogP contribution >= 0.6 is 0 Å². The van der Waals surface area contributed by atoms with E-state index in [4.69, 9.17) is 5.73 Å². The molecule has 0 radical (unpaired) electrons. The first-order valence-electron chi connectivity index (χ1n) is 6.58. The number of carbonyl (C=O) groups is 1. The second kappa shape index (κ2) is 6.18. The van der Waals surface area contributed by atoms with Gasteiger partial charge in [0.25, 0.3) is 0 Å². The maximum absolute atomic E-state index is 11.7. The van der Waals surface area contributed by atoms with Crippen LogP contribution < -0.4 is 11.1 Å². The van der Waals surface area contributed by atoms with Crippen LogP contribution in [-0.4, -0.2) is 26.5 Å². The first kappa shape index (κ1) is 14.0. The highest BCUT2D eigenvalue weighted by atomic mass is 16.1. The van der Waals surface area contributed by atoms with Gasteiger partial charge in [0, 0.05) is 30.8 Å². The van der Waals surface area contributed by atoms with Crippen molar-refractivity contribution in [1.82, 2.24) is 19.9 Å². The molecule has 6 heteroatoms. The summed E-state index contributed by atoms with van der Waals surface area (Å²) < 4.78 is 1.91. The summed E-state index contributed by atoms with van der Waals surface area (Å²) in [5.74, 6) is 0.486. The van der Waals surface area contributed by atoms with Gasteiger partial charge in [-0.3, -0.25) is 4.79 Å². The molecule has 20 heavy (non-hydrogen) atoms. The van der Waals surface area contributed by atoms with Crippen molar-refractivity contribution >= 4 is 11.7 Å². The topological polar surface area (TPSA) is 85.8 Å². The van der Waals surface area contributed by atoms with E-state index >= 15 is 0 Å². The van der Waals surface area contributed by atoms with Crippen molar-refractivity contribution in [3.05, 3.63) is 30.9 Å². The number of nitrogen functional groups attached to an aromatic ring is 1. The number of anilines is 1. The van der Waals surface area contributed by atoms with E-state index in [1.165, 1.54) is 0 Å². The van der Waals surface area contributed by atoms with Gasteiger partial charge >= 0.3 is 0 Å². The minimum absolute atomic E-state index is 0.0267. The molecule has 3 N–H and O–H groups in total. The Balaban J connectivity index is 2.10. The SMILES string of the molecule is CC(C)NC(=O)CCn1cncc1-c1cccnc1N. The van der Waals surface area contributed by atoms with Crippen LogP contribution in [0.15, 0.2) is 30.9 Å². The molecular formula is C14H19N5O. The number of aryl methyl sites for hydroxylation is 1. The Hall–Kier alpha value is -2.37. The molecule has 0 unspecified atom stereocenters. The number of hydrogen-bond acceptors (Lipinski definition) is 4. The van der Waals surface area contributed by atoms with E-state index in [0.29, 0.717) is 18.8 Å². The Morgan fingerprint density at radius 3 is 3.00 bits per heavy atom. The van der Waals surface area contributed by atoms with Gasteiger partial charge in [0.05, 0.1) is 18.2 Å². The molecule has 2 rings (SSSR count). The van der Waals surface area contributed by atoms with Crippen LogP contribution in [0.1, 0.15) is 20.3 Å². The Labute approximate surface area is 118 Å². The summed E-state index contributed by atoms with van der Waals surface area (Å²) in [7, 11) is 0. The average Bonchev–Trinajstić information content (AvgIpc) is 2.84. The third-order valence-corrected chi connectivity index (χ3v) is 2.86.